The Morgan fingerprint density at radius 3 is 2.85 bits per heavy atom. The number of aryl methyl sites for hydroxylation is 2. The quantitative estimate of drug-likeness (QED) is 0.649. The van der Waals surface area contributed by atoms with Gasteiger partial charge in [0.05, 0.1) is 18.4 Å². The average molecular weight is 179 g/mol. The number of pyridine rings is 1. The van der Waals surface area contributed by atoms with E-state index in [9.17, 15) is 4.79 Å². The highest BCUT2D eigenvalue weighted by molar-refractivity contribution is 5.90. The number of nitrogens with zero attached hydrogens (tertiary/aromatic N) is 1. The van der Waals surface area contributed by atoms with Gasteiger partial charge in [-0.1, -0.05) is 6.92 Å². The molecular formula is C10H13NO2. The predicted octanol–water partition coefficient (Wildman–Crippen LogP) is 1.74. The molecule has 0 saturated carbocycles. The summed E-state index contributed by atoms with van der Waals surface area (Å²) in [5, 5.41) is 0. The van der Waals surface area contributed by atoms with E-state index in [-0.39, 0.29) is 5.97 Å². The number of rotatable bonds is 2. The smallest absolute Gasteiger partial charge is 0.339 e. The van der Waals surface area contributed by atoms with Gasteiger partial charge in [0, 0.05) is 6.20 Å². The van der Waals surface area contributed by atoms with Crippen molar-refractivity contribution < 1.29 is 9.53 Å². The fraction of sp³-hybridized carbons (Fsp3) is 0.400. The monoisotopic (exact) mass is 179 g/mol. The molecule has 0 atom stereocenters. The van der Waals surface area contributed by atoms with Crippen molar-refractivity contribution in [2.75, 3.05) is 7.11 Å². The zero-order valence-corrected chi connectivity index (χ0v) is 8.13. The second-order valence-electron chi connectivity index (χ2n) is 2.85. The van der Waals surface area contributed by atoms with Gasteiger partial charge in [-0.15, -0.1) is 0 Å². The summed E-state index contributed by atoms with van der Waals surface area (Å²) in [6.07, 6.45) is 2.50. The molecule has 0 spiro atoms. The highest BCUT2D eigenvalue weighted by Gasteiger charge is 2.11. The zero-order valence-electron chi connectivity index (χ0n) is 8.13. The molecule has 3 nitrogen and oxygen atoms in total. The van der Waals surface area contributed by atoms with E-state index in [2.05, 4.69) is 9.72 Å². The third-order valence-corrected chi connectivity index (χ3v) is 1.85. The van der Waals surface area contributed by atoms with E-state index in [1.165, 1.54) is 7.11 Å². The first-order chi connectivity index (χ1) is 6.19. The summed E-state index contributed by atoms with van der Waals surface area (Å²) >= 11 is 0. The van der Waals surface area contributed by atoms with Gasteiger partial charge >= 0.3 is 5.97 Å². The van der Waals surface area contributed by atoms with Crippen molar-refractivity contribution in [2.24, 2.45) is 0 Å². The van der Waals surface area contributed by atoms with Crippen LogP contribution < -0.4 is 0 Å². The lowest BCUT2D eigenvalue weighted by molar-refractivity contribution is 0.0599. The summed E-state index contributed by atoms with van der Waals surface area (Å²) in [5.41, 5.74) is 2.33. The lowest BCUT2D eigenvalue weighted by Crippen LogP contribution is -2.07. The molecule has 1 aromatic rings. The summed E-state index contributed by atoms with van der Waals surface area (Å²) in [6, 6.07) is 1.80. The number of aromatic nitrogens is 1. The number of hydrogen-bond acceptors (Lipinski definition) is 3. The number of methoxy groups -OCH3 is 1. The molecule has 0 aliphatic rings. The Morgan fingerprint density at radius 1 is 1.62 bits per heavy atom. The van der Waals surface area contributed by atoms with Crippen LogP contribution in [0, 0.1) is 6.92 Å². The van der Waals surface area contributed by atoms with Crippen molar-refractivity contribution in [3.63, 3.8) is 0 Å². The van der Waals surface area contributed by atoms with E-state index in [1.807, 2.05) is 13.8 Å². The molecule has 1 aromatic heterocycles. The van der Waals surface area contributed by atoms with Crippen LogP contribution in [0.4, 0.5) is 0 Å². The predicted molar refractivity (Wildman–Crippen MR) is 49.7 cm³/mol. The van der Waals surface area contributed by atoms with Crippen molar-refractivity contribution in [3.05, 3.63) is 29.1 Å². The van der Waals surface area contributed by atoms with Gasteiger partial charge in [0.2, 0.25) is 0 Å². The SMILES string of the molecule is CCc1ncc(C)cc1C(=O)OC. The molecule has 0 bridgehead atoms. The number of hydrogen-bond donors (Lipinski definition) is 0. The number of esters is 1. The third kappa shape index (κ3) is 2.05. The minimum atomic E-state index is -0.312. The summed E-state index contributed by atoms with van der Waals surface area (Å²) < 4.78 is 4.65. The van der Waals surface area contributed by atoms with Gasteiger partial charge in [-0.25, -0.2) is 4.79 Å². The van der Waals surface area contributed by atoms with Crippen LogP contribution in [0.25, 0.3) is 0 Å². The Balaban J connectivity index is 3.15. The van der Waals surface area contributed by atoms with Gasteiger partial charge in [-0.3, -0.25) is 4.98 Å². The Bertz CT molecular complexity index is 321. The fourth-order valence-corrected chi connectivity index (χ4v) is 1.17. The maximum atomic E-state index is 11.3. The lowest BCUT2D eigenvalue weighted by atomic mass is 10.1. The van der Waals surface area contributed by atoms with E-state index >= 15 is 0 Å². The van der Waals surface area contributed by atoms with E-state index in [0.717, 1.165) is 17.7 Å². The molecule has 0 aliphatic heterocycles. The van der Waals surface area contributed by atoms with Crippen LogP contribution in [0.15, 0.2) is 12.3 Å². The van der Waals surface area contributed by atoms with E-state index in [4.69, 9.17) is 0 Å². The molecule has 70 valence electrons. The van der Waals surface area contributed by atoms with Crippen LogP contribution in [0.3, 0.4) is 0 Å². The van der Waals surface area contributed by atoms with Crippen molar-refractivity contribution in [1.29, 1.82) is 0 Å². The van der Waals surface area contributed by atoms with Crippen LogP contribution >= 0.6 is 0 Å². The van der Waals surface area contributed by atoms with Gasteiger partial charge in [-0.05, 0) is 25.0 Å². The normalized spacial score (nSPS) is 9.77. The minimum absolute atomic E-state index is 0.312. The molecule has 0 radical (unpaired) electrons. The zero-order chi connectivity index (χ0) is 9.84. The van der Waals surface area contributed by atoms with Crippen molar-refractivity contribution in [3.8, 4) is 0 Å². The van der Waals surface area contributed by atoms with Crippen LogP contribution in [-0.2, 0) is 11.2 Å². The standard InChI is InChI=1S/C10H13NO2/c1-4-9-8(10(12)13-3)5-7(2)6-11-9/h5-6H,4H2,1-3H3. The molecule has 0 aliphatic carbocycles. The van der Waals surface area contributed by atoms with E-state index in [0.29, 0.717) is 5.56 Å². The maximum Gasteiger partial charge on any atom is 0.339 e. The lowest BCUT2D eigenvalue weighted by Gasteiger charge is -2.05. The van der Waals surface area contributed by atoms with Crippen LogP contribution in [0.1, 0.15) is 28.5 Å². The molecule has 1 heterocycles. The summed E-state index contributed by atoms with van der Waals surface area (Å²) in [4.78, 5) is 15.4. The van der Waals surface area contributed by atoms with Gasteiger partial charge < -0.3 is 4.74 Å². The Morgan fingerprint density at radius 2 is 2.31 bits per heavy atom. The van der Waals surface area contributed by atoms with Gasteiger partial charge in [0.15, 0.2) is 0 Å². The molecule has 1 rings (SSSR count). The second kappa shape index (κ2) is 4.03. The van der Waals surface area contributed by atoms with Gasteiger partial charge in [0.1, 0.15) is 0 Å². The molecule has 0 saturated heterocycles. The number of carbonyl (C=O) groups excluding carboxylic acids is 1. The molecule has 0 unspecified atom stereocenters. The first-order valence-corrected chi connectivity index (χ1v) is 4.22. The molecule has 0 N–H and O–H groups in total. The van der Waals surface area contributed by atoms with Crippen molar-refractivity contribution >= 4 is 5.97 Å². The number of carbonyl (C=O) groups is 1. The first-order valence-electron chi connectivity index (χ1n) is 4.22. The summed E-state index contributed by atoms with van der Waals surface area (Å²) in [6.45, 7) is 3.86. The molecule has 3 heteroatoms. The topological polar surface area (TPSA) is 39.2 Å². The van der Waals surface area contributed by atoms with Crippen molar-refractivity contribution in [1.82, 2.24) is 4.98 Å². The third-order valence-electron chi connectivity index (χ3n) is 1.85. The largest absolute Gasteiger partial charge is 0.465 e. The molecule has 13 heavy (non-hydrogen) atoms. The minimum Gasteiger partial charge on any atom is -0.465 e. The average Bonchev–Trinajstić information content (AvgIpc) is 2.16. The highest BCUT2D eigenvalue weighted by atomic mass is 16.5. The van der Waals surface area contributed by atoms with Crippen molar-refractivity contribution in [2.45, 2.75) is 20.3 Å². The Kier molecular flexibility index (Phi) is 3.01. The second-order valence-corrected chi connectivity index (χ2v) is 2.85. The Hall–Kier alpha value is -1.38. The summed E-state index contributed by atoms with van der Waals surface area (Å²) in [7, 11) is 1.38. The van der Waals surface area contributed by atoms with Gasteiger partial charge in [-0.2, -0.15) is 0 Å². The number of ether oxygens (including phenoxy) is 1. The van der Waals surface area contributed by atoms with E-state index < -0.39 is 0 Å². The van der Waals surface area contributed by atoms with E-state index in [1.54, 1.807) is 12.3 Å². The highest BCUT2D eigenvalue weighted by Crippen LogP contribution is 2.10. The van der Waals surface area contributed by atoms with Gasteiger partial charge in [0.25, 0.3) is 0 Å². The summed E-state index contributed by atoms with van der Waals surface area (Å²) in [5.74, 6) is -0.312. The fourth-order valence-electron chi connectivity index (χ4n) is 1.17. The first kappa shape index (κ1) is 9.71. The van der Waals surface area contributed by atoms with Crippen LogP contribution in [0.2, 0.25) is 0 Å². The van der Waals surface area contributed by atoms with Crippen LogP contribution in [0.5, 0.6) is 0 Å². The molecule has 0 aromatic carbocycles. The molecule has 0 amide bonds. The molecule has 0 fully saturated rings. The Labute approximate surface area is 77.8 Å². The molecular weight excluding hydrogens is 166 g/mol. The maximum absolute atomic E-state index is 11.3. The van der Waals surface area contributed by atoms with Crippen LogP contribution in [-0.4, -0.2) is 18.1 Å².